The Hall–Kier alpha value is -1.75. The predicted octanol–water partition coefficient (Wildman–Crippen LogP) is 1.81. The third kappa shape index (κ3) is 4.63. The molecule has 0 aliphatic carbocycles. The van der Waals surface area contributed by atoms with Crippen LogP contribution in [0, 0.1) is 0 Å². The predicted molar refractivity (Wildman–Crippen MR) is 69.9 cm³/mol. The van der Waals surface area contributed by atoms with Crippen molar-refractivity contribution in [2.24, 2.45) is 0 Å². The number of anilines is 1. The summed E-state index contributed by atoms with van der Waals surface area (Å²) in [6.45, 7) is 1.71. The quantitative estimate of drug-likeness (QED) is 0.857. The number of amides is 2. The van der Waals surface area contributed by atoms with Crippen LogP contribution in [0.2, 0.25) is 5.02 Å². The van der Waals surface area contributed by atoms with E-state index in [2.05, 4.69) is 10.6 Å². The van der Waals surface area contributed by atoms with Crippen LogP contribution in [0.1, 0.15) is 13.3 Å². The van der Waals surface area contributed by atoms with E-state index in [4.69, 9.17) is 16.3 Å². The molecular formula is C12H15ClN2O3. The summed E-state index contributed by atoms with van der Waals surface area (Å²) in [5.74, 6) is 0.202. The molecule has 0 aliphatic rings. The first kappa shape index (κ1) is 14.3. The Morgan fingerprint density at radius 2 is 2.11 bits per heavy atom. The lowest BCUT2D eigenvalue weighted by atomic mass is 10.3. The van der Waals surface area contributed by atoms with E-state index in [1.807, 2.05) is 0 Å². The van der Waals surface area contributed by atoms with Gasteiger partial charge in [-0.05, 0) is 18.2 Å². The number of hydrogen-bond acceptors (Lipinski definition) is 3. The Balaban J connectivity index is 2.49. The van der Waals surface area contributed by atoms with Gasteiger partial charge in [0.1, 0.15) is 5.75 Å². The van der Waals surface area contributed by atoms with Gasteiger partial charge in [0.2, 0.25) is 11.8 Å². The SMILES string of the molecule is COc1ccc(NC(=O)CCNC(C)=O)cc1Cl. The fourth-order valence-electron chi connectivity index (χ4n) is 1.32. The number of benzene rings is 1. The number of rotatable bonds is 5. The van der Waals surface area contributed by atoms with Crippen molar-refractivity contribution >= 4 is 29.1 Å². The first-order valence-electron chi connectivity index (χ1n) is 5.40. The van der Waals surface area contributed by atoms with Crippen molar-refractivity contribution in [1.29, 1.82) is 0 Å². The summed E-state index contributed by atoms with van der Waals surface area (Å²) in [5, 5.41) is 5.65. The number of nitrogens with one attached hydrogen (secondary N) is 2. The Kier molecular flexibility index (Phi) is 5.45. The standard InChI is InChI=1S/C12H15ClN2O3/c1-8(16)14-6-5-12(17)15-9-3-4-11(18-2)10(13)7-9/h3-4,7H,5-6H2,1-2H3,(H,14,16)(H,15,17). The first-order valence-corrected chi connectivity index (χ1v) is 5.78. The second kappa shape index (κ2) is 6.86. The van der Waals surface area contributed by atoms with Crippen molar-refractivity contribution in [3.63, 3.8) is 0 Å². The molecule has 6 heteroatoms. The van der Waals surface area contributed by atoms with E-state index in [0.717, 1.165) is 0 Å². The molecule has 5 nitrogen and oxygen atoms in total. The lowest BCUT2D eigenvalue weighted by Crippen LogP contribution is -2.25. The highest BCUT2D eigenvalue weighted by Gasteiger charge is 2.05. The highest BCUT2D eigenvalue weighted by atomic mass is 35.5. The summed E-state index contributed by atoms with van der Waals surface area (Å²) in [7, 11) is 1.52. The topological polar surface area (TPSA) is 67.4 Å². The number of carbonyl (C=O) groups excluding carboxylic acids is 2. The fourth-order valence-corrected chi connectivity index (χ4v) is 1.58. The first-order chi connectivity index (χ1) is 8.52. The van der Waals surface area contributed by atoms with E-state index in [1.54, 1.807) is 18.2 Å². The molecule has 2 amide bonds. The van der Waals surface area contributed by atoms with Crippen LogP contribution in [0.15, 0.2) is 18.2 Å². The Morgan fingerprint density at radius 1 is 1.39 bits per heavy atom. The summed E-state index contributed by atoms with van der Waals surface area (Å²) < 4.78 is 5.00. The van der Waals surface area contributed by atoms with Gasteiger partial charge in [0.15, 0.2) is 0 Å². The second-order valence-corrected chi connectivity index (χ2v) is 4.04. The number of carbonyl (C=O) groups is 2. The molecule has 0 aromatic heterocycles. The summed E-state index contributed by atoms with van der Waals surface area (Å²) in [6, 6.07) is 4.98. The van der Waals surface area contributed by atoms with Gasteiger partial charge >= 0.3 is 0 Å². The average Bonchev–Trinajstić information content (AvgIpc) is 2.28. The molecule has 0 fully saturated rings. The molecule has 0 saturated carbocycles. The van der Waals surface area contributed by atoms with Gasteiger partial charge in [-0.15, -0.1) is 0 Å². The molecule has 0 bridgehead atoms. The number of hydrogen-bond donors (Lipinski definition) is 2. The van der Waals surface area contributed by atoms with E-state index in [1.165, 1.54) is 14.0 Å². The summed E-state index contributed by atoms with van der Waals surface area (Å²) in [6.07, 6.45) is 0.212. The van der Waals surface area contributed by atoms with Crippen LogP contribution in [0.4, 0.5) is 5.69 Å². The molecule has 0 heterocycles. The lowest BCUT2D eigenvalue weighted by Gasteiger charge is -2.08. The number of ether oxygens (including phenoxy) is 1. The molecule has 2 N–H and O–H groups in total. The Bertz CT molecular complexity index is 449. The minimum Gasteiger partial charge on any atom is -0.495 e. The van der Waals surface area contributed by atoms with Crippen LogP contribution in [0.25, 0.3) is 0 Å². The maximum absolute atomic E-state index is 11.5. The van der Waals surface area contributed by atoms with Crippen molar-refractivity contribution in [2.75, 3.05) is 19.0 Å². The maximum Gasteiger partial charge on any atom is 0.226 e. The zero-order chi connectivity index (χ0) is 13.5. The largest absolute Gasteiger partial charge is 0.495 e. The molecule has 1 rings (SSSR count). The zero-order valence-corrected chi connectivity index (χ0v) is 11.0. The van der Waals surface area contributed by atoms with E-state index < -0.39 is 0 Å². The maximum atomic E-state index is 11.5. The average molecular weight is 271 g/mol. The third-order valence-corrected chi connectivity index (χ3v) is 2.46. The van der Waals surface area contributed by atoms with Crippen LogP contribution in [0.3, 0.4) is 0 Å². The monoisotopic (exact) mass is 270 g/mol. The van der Waals surface area contributed by atoms with E-state index in [-0.39, 0.29) is 18.2 Å². The lowest BCUT2D eigenvalue weighted by molar-refractivity contribution is -0.119. The van der Waals surface area contributed by atoms with Crippen LogP contribution >= 0.6 is 11.6 Å². The molecule has 0 radical (unpaired) electrons. The van der Waals surface area contributed by atoms with Gasteiger partial charge in [0.25, 0.3) is 0 Å². The molecule has 0 unspecified atom stereocenters. The van der Waals surface area contributed by atoms with Crippen LogP contribution in [0.5, 0.6) is 5.75 Å². The number of halogens is 1. The fraction of sp³-hybridized carbons (Fsp3) is 0.333. The van der Waals surface area contributed by atoms with E-state index >= 15 is 0 Å². The third-order valence-electron chi connectivity index (χ3n) is 2.16. The summed E-state index contributed by atoms with van der Waals surface area (Å²) >= 11 is 5.93. The highest BCUT2D eigenvalue weighted by molar-refractivity contribution is 6.32. The summed E-state index contributed by atoms with van der Waals surface area (Å²) in [5.41, 5.74) is 0.591. The van der Waals surface area contributed by atoms with E-state index in [9.17, 15) is 9.59 Å². The molecule has 0 saturated heterocycles. The molecule has 0 atom stereocenters. The normalized spacial score (nSPS) is 9.72. The van der Waals surface area contributed by atoms with Crippen LogP contribution in [-0.4, -0.2) is 25.5 Å². The molecule has 98 valence electrons. The minimum absolute atomic E-state index is 0.157. The van der Waals surface area contributed by atoms with E-state index in [0.29, 0.717) is 23.0 Å². The second-order valence-electron chi connectivity index (χ2n) is 3.63. The van der Waals surface area contributed by atoms with Gasteiger partial charge in [0.05, 0.1) is 12.1 Å². The molecule has 0 aliphatic heterocycles. The smallest absolute Gasteiger partial charge is 0.226 e. The van der Waals surface area contributed by atoms with Gasteiger partial charge in [0, 0.05) is 25.6 Å². The molecular weight excluding hydrogens is 256 g/mol. The van der Waals surface area contributed by atoms with Gasteiger partial charge in [-0.3, -0.25) is 9.59 Å². The molecule has 18 heavy (non-hydrogen) atoms. The molecule has 1 aromatic rings. The minimum atomic E-state index is -0.190. The number of methoxy groups -OCH3 is 1. The van der Waals surface area contributed by atoms with Gasteiger partial charge < -0.3 is 15.4 Å². The van der Waals surface area contributed by atoms with Crippen molar-refractivity contribution in [3.05, 3.63) is 23.2 Å². The van der Waals surface area contributed by atoms with Gasteiger partial charge in [-0.25, -0.2) is 0 Å². The van der Waals surface area contributed by atoms with Crippen LogP contribution < -0.4 is 15.4 Å². The molecule has 0 spiro atoms. The summed E-state index contributed by atoms with van der Waals surface area (Å²) in [4.78, 5) is 22.1. The van der Waals surface area contributed by atoms with Crippen molar-refractivity contribution < 1.29 is 14.3 Å². The highest BCUT2D eigenvalue weighted by Crippen LogP contribution is 2.27. The van der Waals surface area contributed by atoms with Crippen molar-refractivity contribution in [3.8, 4) is 5.75 Å². The molecule has 1 aromatic carbocycles. The van der Waals surface area contributed by atoms with Crippen molar-refractivity contribution in [2.45, 2.75) is 13.3 Å². The van der Waals surface area contributed by atoms with Gasteiger partial charge in [-0.1, -0.05) is 11.6 Å². The Morgan fingerprint density at radius 3 is 2.67 bits per heavy atom. The van der Waals surface area contributed by atoms with Gasteiger partial charge in [-0.2, -0.15) is 0 Å². The van der Waals surface area contributed by atoms with Crippen molar-refractivity contribution in [1.82, 2.24) is 5.32 Å². The zero-order valence-electron chi connectivity index (χ0n) is 10.2. The van der Waals surface area contributed by atoms with Crippen LogP contribution in [-0.2, 0) is 9.59 Å². The Labute approximate surface area is 110 Å².